The lowest BCUT2D eigenvalue weighted by Crippen LogP contribution is -2.41. The molecule has 2 aliphatic rings. The quantitative estimate of drug-likeness (QED) is 0.749. The summed E-state index contributed by atoms with van der Waals surface area (Å²) in [6.45, 7) is 3.24. The predicted molar refractivity (Wildman–Crippen MR) is 111 cm³/mol. The van der Waals surface area contributed by atoms with Crippen molar-refractivity contribution < 1.29 is 27.4 Å². The number of amides is 1. The van der Waals surface area contributed by atoms with E-state index in [1.54, 1.807) is 24.3 Å². The summed E-state index contributed by atoms with van der Waals surface area (Å²) in [6, 6.07) is 7.83. The highest BCUT2D eigenvalue weighted by Crippen LogP contribution is 2.39. The molecule has 2 aromatic rings. The number of rotatable bonds is 5. The lowest BCUT2D eigenvalue weighted by Gasteiger charge is -2.27. The van der Waals surface area contributed by atoms with Crippen molar-refractivity contribution in [3.63, 3.8) is 0 Å². The van der Waals surface area contributed by atoms with E-state index in [9.17, 15) is 13.2 Å². The number of hydrogen-bond donors (Lipinski definition) is 1. The molecule has 1 N–H and O–H groups in total. The zero-order valence-electron chi connectivity index (χ0n) is 16.3. The topological polar surface area (TPSA) is 94.2 Å². The first-order chi connectivity index (χ1) is 14.4. The molecule has 0 saturated carbocycles. The van der Waals surface area contributed by atoms with Gasteiger partial charge in [0.05, 0.1) is 28.8 Å². The molecule has 30 heavy (non-hydrogen) atoms. The van der Waals surface area contributed by atoms with E-state index in [-0.39, 0.29) is 30.3 Å². The van der Waals surface area contributed by atoms with Gasteiger partial charge in [-0.25, -0.2) is 8.42 Å². The number of benzene rings is 2. The number of nitrogens with zero attached hydrogens (tertiary/aromatic N) is 1. The van der Waals surface area contributed by atoms with Gasteiger partial charge in [0, 0.05) is 30.8 Å². The molecule has 0 radical (unpaired) electrons. The summed E-state index contributed by atoms with van der Waals surface area (Å²) in [4.78, 5) is 13.0. The SMILES string of the molecule is CCc1ccc(C(=O)Nc2cc3c(cc2Cl)OCO3)cc1S(=O)(=O)N1CCOCC1. The minimum Gasteiger partial charge on any atom is -0.454 e. The van der Waals surface area contributed by atoms with Crippen LogP contribution in [0.5, 0.6) is 11.5 Å². The lowest BCUT2D eigenvalue weighted by atomic mass is 10.1. The number of nitrogens with one attached hydrogen (secondary N) is 1. The van der Waals surface area contributed by atoms with Crippen molar-refractivity contribution in [1.29, 1.82) is 0 Å². The minimum absolute atomic E-state index is 0.0876. The van der Waals surface area contributed by atoms with Crippen LogP contribution in [0, 0.1) is 0 Å². The zero-order chi connectivity index (χ0) is 21.3. The van der Waals surface area contributed by atoms with E-state index >= 15 is 0 Å². The molecule has 8 nitrogen and oxygen atoms in total. The largest absolute Gasteiger partial charge is 0.454 e. The van der Waals surface area contributed by atoms with E-state index < -0.39 is 15.9 Å². The summed E-state index contributed by atoms with van der Waals surface area (Å²) >= 11 is 6.23. The summed E-state index contributed by atoms with van der Waals surface area (Å²) in [5.41, 5.74) is 1.22. The van der Waals surface area contributed by atoms with Crippen molar-refractivity contribution in [2.24, 2.45) is 0 Å². The summed E-state index contributed by atoms with van der Waals surface area (Å²) in [5, 5.41) is 3.01. The highest BCUT2D eigenvalue weighted by molar-refractivity contribution is 7.89. The number of ether oxygens (including phenoxy) is 3. The number of carbonyl (C=O) groups excluding carboxylic acids is 1. The van der Waals surface area contributed by atoms with Gasteiger partial charge < -0.3 is 19.5 Å². The number of halogens is 1. The first-order valence-corrected chi connectivity index (χ1v) is 11.3. The Bertz CT molecular complexity index is 1080. The molecule has 10 heteroatoms. The van der Waals surface area contributed by atoms with Gasteiger partial charge in [0.2, 0.25) is 16.8 Å². The average Bonchev–Trinajstić information content (AvgIpc) is 3.21. The highest BCUT2D eigenvalue weighted by Gasteiger charge is 2.29. The Hall–Kier alpha value is -2.33. The van der Waals surface area contributed by atoms with Gasteiger partial charge in [-0.2, -0.15) is 4.31 Å². The maximum Gasteiger partial charge on any atom is 0.255 e. The summed E-state index contributed by atoms with van der Waals surface area (Å²) in [5.74, 6) is 0.507. The molecule has 4 rings (SSSR count). The molecule has 0 spiro atoms. The number of fused-ring (bicyclic) bond motifs is 1. The molecule has 2 aromatic carbocycles. The second-order valence-electron chi connectivity index (χ2n) is 6.83. The Morgan fingerprint density at radius 1 is 1.13 bits per heavy atom. The lowest BCUT2D eigenvalue weighted by molar-refractivity contribution is 0.0730. The van der Waals surface area contributed by atoms with Crippen molar-refractivity contribution in [2.45, 2.75) is 18.2 Å². The second kappa shape index (κ2) is 8.43. The van der Waals surface area contributed by atoms with Gasteiger partial charge in [-0.3, -0.25) is 4.79 Å². The Morgan fingerprint density at radius 3 is 2.53 bits per heavy atom. The Balaban J connectivity index is 1.63. The fraction of sp³-hybridized carbons (Fsp3) is 0.350. The van der Waals surface area contributed by atoms with E-state index in [4.69, 9.17) is 25.8 Å². The van der Waals surface area contributed by atoms with Crippen LogP contribution in [-0.4, -0.2) is 51.7 Å². The van der Waals surface area contributed by atoms with Gasteiger partial charge in [0.15, 0.2) is 11.5 Å². The van der Waals surface area contributed by atoms with Gasteiger partial charge in [-0.1, -0.05) is 24.6 Å². The Morgan fingerprint density at radius 2 is 1.83 bits per heavy atom. The highest BCUT2D eigenvalue weighted by atomic mass is 35.5. The molecule has 0 bridgehead atoms. The van der Waals surface area contributed by atoms with Crippen LogP contribution < -0.4 is 14.8 Å². The number of aryl methyl sites for hydroxylation is 1. The van der Waals surface area contributed by atoms with Crippen LogP contribution in [0.2, 0.25) is 5.02 Å². The number of sulfonamides is 1. The molecule has 0 aliphatic carbocycles. The fourth-order valence-electron chi connectivity index (χ4n) is 3.36. The van der Waals surface area contributed by atoms with Crippen LogP contribution in [0.15, 0.2) is 35.2 Å². The third-order valence-corrected chi connectivity index (χ3v) is 7.30. The molecule has 2 aliphatic heterocycles. The molecule has 1 fully saturated rings. The molecule has 0 atom stereocenters. The standard InChI is InChI=1S/C20H21ClN2O6S/c1-2-13-3-4-14(9-19(13)30(25,26)23-5-7-27-8-6-23)20(24)22-16-11-18-17(10-15(16)21)28-12-29-18/h3-4,9-11H,2,5-8,12H2,1H3,(H,22,24). The molecule has 0 aromatic heterocycles. The maximum atomic E-state index is 13.2. The van der Waals surface area contributed by atoms with Gasteiger partial charge in [0.25, 0.3) is 5.91 Å². The van der Waals surface area contributed by atoms with Crippen LogP contribution >= 0.6 is 11.6 Å². The van der Waals surface area contributed by atoms with E-state index in [1.165, 1.54) is 10.4 Å². The maximum absolute atomic E-state index is 13.2. The second-order valence-corrected chi connectivity index (χ2v) is 9.15. The zero-order valence-corrected chi connectivity index (χ0v) is 17.9. The molecular formula is C20H21ClN2O6S. The normalized spacial score (nSPS) is 16.5. The third-order valence-electron chi connectivity index (χ3n) is 5.01. The minimum atomic E-state index is -3.74. The van der Waals surface area contributed by atoms with Gasteiger partial charge in [-0.05, 0) is 24.1 Å². The van der Waals surface area contributed by atoms with Crippen LogP contribution in [0.25, 0.3) is 0 Å². The summed E-state index contributed by atoms with van der Waals surface area (Å²) < 4.78 is 43.6. The molecule has 2 heterocycles. The monoisotopic (exact) mass is 452 g/mol. The first kappa shape index (κ1) is 20.9. The van der Waals surface area contributed by atoms with Crippen molar-refractivity contribution in [1.82, 2.24) is 4.31 Å². The van der Waals surface area contributed by atoms with Crippen LogP contribution in [0.3, 0.4) is 0 Å². The Labute approximate surface area is 179 Å². The number of hydrogen-bond acceptors (Lipinski definition) is 6. The van der Waals surface area contributed by atoms with Crippen LogP contribution in [0.4, 0.5) is 5.69 Å². The molecule has 1 saturated heterocycles. The predicted octanol–water partition coefficient (Wildman–Crippen LogP) is 2.90. The van der Waals surface area contributed by atoms with E-state index in [0.717, 1.165) is 0 Å². The average molecular weight is 453 g/mol. The smallest absolute Gasteiger partial charge is 0.255 e. The van der Waals surface area contributed by atoms with Crippen molar-refractivity contribution in [3.8, 4) is 11.5 Å². The van der Waals surface area contributed by atoms with Gasteiger partial charge in [-0.15, -0.1) is 0 Å². The van der Waals surface area contributed by atoms with Crippen molar-refractivity contribution >= 4 is 33.2 Å². The molecule has 1 amide bonds. The molecule has 160 valence electrons. The molecule has 0 unspecified atom stereocenters. The van der Waals surface area contributed by atoms with Gasteiger partial charge >= 0.3 is 0 Å². The third kappa shape index (κ3) is 3.98. The molecular weight excluding hydrogens is 432 g/mol. The fourth-order valence-corrected chi connectivity index (χ4v) is 5.29. The van der Waals surface area contributed by atoms with E-state index in [2.05, 4.69) is 5.32 Å². The Kier molecular flexibility index (Phi) is 5.88. The summed E-state index contributed by atoms with van der Waals surface area (Å²) in [7, 11) is -3.74. The van der Waals surface area contributed by atoms with Crippen LogP contribution in [-0.2, 0) is 21.2 Å². The van der Waals surface area contributed by atoms with E-state index in [1.807, 2.05) is 6.92 Å². The first-order valence-electron chi connectivity index (χ1n) is 9.51. The van der Waals surface area contributed by atoms with Gasteiger partial charge in [0.1, 0.15) is 0 Å². The number of carbonyl (C=O) groups is 1. The van der Waals surface area contributed by atoms with Crippen molar-refractivity contribution in [2.75, 3.05) is 38.4 Å². The number of morpholine rings is 1. The van der Waals surface area contributed by atoms with Crippen LogP contribution in [0.1, 0.15) is 22.8 Å². The van der Waals surface area contributed by atoms with E-state index in [0.29, 0.717) is 47.4 Å². The number of anilines is 1. The summed E-state index contributed by atoms with van der Waals surface area (Å²) in [6.07, 6.45) is 0.523. The van der Waals surface area contributed by atoms with Crippen molar-refractivity contribution in [3.05, 3.63) is 46.5 Å².